The molecular weight excluding hydrogens is 240 g/mol. The number of benzene rings is 1. The second-order valence-corrected chi connectivity index (χ2v) is 4.71. The number of piperidine rings is 1. The predicted molar refractivity (Wildman–Crippen MR) is 62.0 cm³/mol. The van der Waals surface area contributed by atoms with E-state index in [9.17, 15) is 18.7 Å². The van der Waals surface area contributed by atoms with E-state index in [-0.39, 0.29) is 11.5 Å². The molecule has 1 N–H and O–H groups in total. The quantitative estimate of drug-likeness (QED) is 0.831. The van der Waals surface area contributed by atoms with Crippen LogP contribution in [0.5, 0.6) is 0 Å². The van der Waals surface area contributed by atoms with Gasteiger partial charge in [0, 0.05) is 19.2 Å². The van der Waals surface area contributed by atoms with E-state index in [0.717, 1.165) is 12.1 Å². The van der Waals surface area contributed by atoms with Gasteiger partial charge in [-0.1, -0.05) is 6.92 Å². The van der Waals surface area contributed by atoms with Crippen molar-refractivity contribution in [2.45, 2.75) is 19.4 Å². The molecule has 0 radical (unpaired) electrons. The van der Waals surface area contributed by atoms with E-state index in [1.807, 2.05) is 6.92 Å². The third-order valence-corrected chi connectivity index (χ3v) is 3.31. The topological polar surface area (TPSA) is 40.5 Å². The first-order chi connectivity index (χ1) is 8.49. The maximum Gasteiger partial charge on any atom is 0.256 e. The Balaban J connectivity index is 2.16. The number of carbonyl (C=O) groups excluding carboxylic acids is 1. The van der Waals surface area contributed by atoms with Gasteiger partial charge in [0.1, 0.15) is 11.6 Å². The summed E-state index contributed by atoms with van der Waals surface area (Å²) in [6.07, 6.45) is 0.0579. The second-order valence-electron chi connectivity index (χ2n) is 4.71. The van der Waals surface area contributed by atoms with Gasteiger partial charge in [0.2, 0.25) is 0 Å². The zero-order chi connectivity index (χ0) is 13.3. The van der Waals surface area contributed by atoms with Crippen LogP contribution in [-0.2, 0) is 0 Å². The monoisotopic (exact) mass is 255 g/mol. The average Bonchev–Trinajstić information content (AvgIpc) is 2.32. The van der Waals surface area contributed by atoms with Crippen molar-refractivity contribution in [3.63, 3.8) is 0 Å². The fourth-order valence-electron chi connectivity index (χ4n) is 2.15. The Kier molecular flexibility index (Phi) is 3.61. The van der Waals surface area contributed by atoms with E-state index in [0.29, 0.717) is 25.6 Å². The molecule has 2 unspecified atom stereocenters. The molecule has 1 aromatic carbocycles. The van der Waals surface area contributed by atoms with E-state index < -0.39 is 23.6 Å². The van der Waals surface area contributed by atoms with Gasteiger partial charge in [-0.05, 0) is 24.5 Å². The van der Waals surface area contributed by atoms with E-state index in [4.69, 9.17) is 0 Å². The molecule has 2 rings (SSSR count). The highest BCUT2D eigenvalue weighted by Gasteiger charge is 2.28. The summed E-state index contributed by atoms with van der Waals surface area (Å²) in [5.41, 5.74) is -0.125. The molecule has 18 heavy (non-hydrogen) atoms. The normalized spacial score (nSPS) is 24.1. The van der Waals surface area contributed by atoms with Gasteiger partial charge in [0.25, 0.3) is 5.91 Å². The third kappa shape index (κ3) is 2.51. The molecular formula is C13H15F2NO2. The fraction of sp³-hybridized carbons (Fsp3) is 0.462. The maximum atomic E-state index is 13.5. The third-order valence-electron chi connectivity index (χ3n) is 3.31. The van der Waals surface area contributed by atoms with Crippen LogP contribution in [0, 0.1) is 17.6 Å². The van der Waals surface area contributed by atoms with Crippen LogP contribution in [0.2, 0.25) is 0 Å². The molecule has 1 aliphatic rings. The molecule has 1 fully saturated rings. The lowest BCUT2D eigenvalue weighted by Gasteiger charge is -2.34. The van der Waals surface area contributed by atoms with Crippen molar-refractivity contribution in [1.82, 2.24) is 4.90 Å². The molecule has 0 aliphatic carbocycles. The molecule has 1 aromatic rings. The Labute approximate surface area is 104 Å². The van der Waals surface area contributed by atoms with Gasteiger partial charge in [-0.2, -0.15) is 0 Å². The van der Waals surface area contributed by atoms with E-state index in [2.05, 4.69) is 0 Å². The summed E-state index contributed by atoms with van der Waals surface area (Å²) in [7, 11) is 0. The molecule has 3 nitrogen and oxygen atoms in total. The second kappa shape index (κ2) is 5.02. The largest absolute Gasteiger partial charge is 0.393 e. The molecule has 1 amide bonds. The van der Waals surface area contributed by atoms with Crippen LogP contribution in [-0.4, -0.2) is 35.1 Å². The number of hydrogen-bond acceptors (Lipinski definition) is 2. The van der Waals surface area contributed by atoms with Crippen LogP contribution >= 0.6 is 0 Å². The van der Waals surface area contributed by atoms with E-state index >= 15 is 0 Å². The van der Waals surface area contributed by atoms with E-state index in [1.165, 1.54) is 4.90 Å². The summed E-state index contributed by atoms with van der Waals surface area (Å²) in [5, 5.41) is 9.58. The molecule has 5 heteroatoms. The van der Waals surface area contributed by atoms with Crippen molar-refractivity contribution in [1.29, 1.82) is 0 Å². The van der Waals surface area contributed by atoms with Crippen molar-refractivity contribution >= 4 is 5.91 Å². The number of nitrogens with zero attached hydrogens (tertiary/aromatic N) is 1. The lowest BCUT2D eigenvalue weighted by Crippen LogP contribution is -2.45. The van der Waals surface area contributed by atoms with Crippen LogP contribution < -0.4 is 0 Å². The Morgan fingerprint density at radius 3 is 2.78 bits per heavy atom. The first-order valence-corrected chi connectivity index (χ1v) is 5.91. The molecule has 0 aromatic heterocycles. The Hall–Kier alpha value is -1.49. The summed E-state index contributed by atoms with van der Waals surface area (Å²) >= 11 is 0. The summed E-state index contributed by atoms with van der Waals surface area (Å²) in [6.45, 7) is 2.61. The average molecular weight is 255 g/mol. The van der Waals surface area contributed by atoms with Gasteiger partial charge < -0.3 is 10.0 Å². The fourth-order valence-corrected chi connectivity index (χ4v) is 2.15. The van der Waals surface area contributed by atoms with E-state index in [1.54, 1.807) is 0 Å². The van der Waals surface area contributed by atoms with Gasteiger partial charge in [0.15, 0.2) is 0 Å². The zero-order valence-corrected chi connectivity index (χ0v) is 10.1. The molecule has 98 valence electrons. The minimum absolute atomic E-state index is 0.0359. The number of hydrogen-bond donors (Lipinski definition) is 1. The van der Waals surface area contributed by atoms with Crippen LogP contribution in [0.25, 0.3) is 0 Å². The molecule has 1 aliphatic heterocycles. The molecule has 0 spiro atoms. The highest BCUT2D eigenvalue weighted by atomic mass is 19.1. The maximum absolute atomic E-state index is 13.5. The van der Waals surface area contributed by atoms with Crippen LogP contribution in [0.4, 0.5) is 8.78 Å². The van der Waals surface area contributed by atoms with Gasteiger partial charge in [-0.3, -0.25) is 4.79 Å². The van der Waals surface area contributed by atoms with Gasteiger partial charge >= 0.3 is 0 Å². The van der Waals surface area contributed by atoms with Gasteiger partial charge in [-0.25, -0.2) is 8.78 Å². The summed E-state index contributed by atoms with van der Waals surface area (Å²) < 4.78 is 26.3. The Bertz CT molecular complexity index is 464. The SMILES string of the molecule is CC1CN(C(=O)c2ccc(F)cc2F)CCC1O. The Morgan fingerprint density at radius 2 is 2.17 bits per heavy atom. The van der Waals surface area contributed by atoms with Gasteiger partial charge in [-0.15, -0.1) is 0 Å². The van der Waals surface area contributed by atoms with Crippen molar-refractivity contribution in [2.75, 3.05) is 13.1 Å². The first kappa shape index (κ1) is 13.0. The Morgan fingerprint density at radius 1 is 1.44 bits per heavy atom. The number of rotatable bonds is 1. The van der Waals surface area contributed by atoms with Crippen molar-refractivity contribution < 1.29 is 18.7 Å². The number of amides is 1. The summed E-state index contributed by atoms with van der Waals surface area (Å²) in [6, 6.07) is 2.93. The lowest BCUT2D eigenvalue weighted by molar-refractivity contribution is 0.0295. The first-order valence-electron chi connectivity index (χ1n) is 5.91. The van der Waals surface area contributed by atoms with Crippen molar-refractivity contribution in [3.05, 3.63) is 35.4 Å². The highest BCUT2D eigenvalue weighted by molar-refractivity contribution is 5.94. The van der Waals surface area contributed by atoms with Crippen molar-refractivity contribution in [2.24, 2.45) is 5.92 Å². The molecule has 1 heterocycles. The predicted octanol–water partition coefficient (Wildman–Crippen LogP) is 1.81. The minimum Gasteiger partial charge on any atom is -0.393 e. The minimum atomic E-state index is -0.848. The number of likely N-dealkylation sites (tertiary alicyclic amines) is 1. The summed E-state index contributed by atoms with van der Waals surface area (Å²) in [4.78, 5) is 13.6. The number of halogens is 2. The number of aliphatic hydroxyl groups is 1. The number of aliphatic hydroxyl groups excluding tert-OH is 1. The van der Waals surface area contributed by atoms with Crippen LogP contribution in [0.15, 0.2) is 18.2 Å². The standard InChI is InChI=1S/C13H15F2NO2/c1-8-7-16(5-4-12(8)17)13(18)10-3-2-9(14)6-11(10)15/h2-3,6,8,12,17H,4-5,7H2,1H3. The highest BCUT2D eigenvalue weighted by Crippen LogP contribution is 2.20. The smallest absolute Gasteiger partial charge is 0.256 e. The lowest BCUT2D eigenvalue weighted by atomic mass is 9.96. The van der Waals surface area contributed by atoms with Crippen molar-refractivity contribution in [3.8, 4) is 0 Å². The summed E-state index contributed by atoms with van der Waals surface area (Å²) in [5.74, 6) is -2.04. The number of carbonyl (C=O) groups is 1. The van der Waals surface area contributed by atoms with Crippen LogP contribution in [0.3, 0.4) is 0 Å². The molecule has 0 bridgehead atoms. The zero-order valence-electron chi connectivity index (χ0n) is 10.1. The van der Waals surface area contributed by atoms with Gasteiger partial charge in [0.05, 0.1) is 11.7 Å². The molecule has 0 saturated carbocycles. The van der Waals surface area contributed by atoms with Crippen LogP contribution in [0.1, 0.15) is 23.7 Å². The molecule has 1 saturated heterocycles. The molecule has 2 atom stereocenters.